The van der Waals surface area contributed by atoms with Gasteiger partial charge >= 0.3 is 0 Å². The standard InChI is InChI=1S/C59H46N2OSi/c1-35-37(3)55(58-60-49(39-20-8-7-9-21-39)34-50(61-58)43-25-18-24-41-40-22-11-17-33-53(40)63(5,6)57(41)43)38(4)36(2)54(35)44-26-19-30-48-56(44)42-23-10-12-27-45(42)59(48)46-28-13-15-31-51(46)62-52-32-16-14-29-47(52)59/h7-34H,1-6H3. The molecule has 9 aromatic rings. The minimum atomic E-state index is -2.04. The summed E-state index contributed by atoms with van der Waals surface area (Å²) >= 11 is 0. The third kappa shape index (κ3) is 5.13. The predicted molar refractivity (Wildman–Crippen MR) is 262 cm³/mol. The summed E-state index contributed by atoms with van der Waals surface area (Å²) in [6, 6.07) is 61.8. The van der Waals surface area contributed by atoms with Crippen LogP contribution in [0.5, 0.6) is 11.5 Å². The van der Waals surface area contributed by atoms with Gasteiger partial charge in [0, 0.05) is 27.8 Å². The van der Waals surface area contributed by atoms with E-state index in [0.717, 1.165) is 39.8 Å². The molecule has 0 saturated carbocycles. The van der Waals surface area contributed by atoms with Crippen LogP contribution in [0, 0.1) is 27.7 Å². The molecule has 8 aromatic carbocycles. The molecule has 1 spiro atoms. The highest BCUT2D eigenvalue weighted by Gasteiger charge is 2.51. The summed E-state index contributed by atoms with van der Waals surface area (Å²) < 4.78 is 6.64. The number of para-hydroxylation sites is 2. The first-order valence-corrected chi connectivity index (χ1v) is 25.1. The van der Waals surface area contributed by atoms with Crippen molar-refractivity contribution in [2.45, 2.75) is 46.2 Å². The molecular weight excluding hydrogens is 781 g/mol. The summed E-state index contributed by atoms with van der Waals surface area (Å²) in [5.74, 6) is 2.58. The van der Waals surface area contributed by atoms with Crippen LogP contribution in [0.15, 0.2) is 170 Å². The Hall–Kier alpha value is -7.14. The van der Waals surface area contributed by atoms with E-state index in [2.05, 4.69) is 211 Å². The van der Waals surface area contributed by atoms with E-state index >= 15 is 0 Å². The molecule has 2 aliphatic heterocycles. The third-order valence-corrected chi connectivity index (χ3v) is 18.2. The van der Waals surface area contributed by atoms with Crippen LogP contribution in [0.25, 0.3) is 67.3 Å². The van der Waals surface area contributed by atoms with E-state index in [1.54, 1.807) is 0 Å². The van der Waals surface area contributed by atoms with Crippen LogP contribution in [0.2, 0.25) is 13.1 Å². The van der Waals surface area contributed by atoms with Gasteiger partial charge < -0.3 is 4.74 Å². The molecule has 3 heterocycles. The SMILES string of the molecule is Cc1c(C)c(-c2cccc3c2-c2ccccc2C32c3ccccc3Oc3ccccc32)c(C)c(C)c1-c1nc(-c2ccccc2)cc(-c2cccc3c2[Si](C)(C)c2ccccc2-3)n1. The molecule has 0 N–H and O–H groups in total. The number of rotatable bonds is 4. The second kappa shape index (κ2) is 13.7. The summed E-state index contributed by atoms with van der Waals surface area (Å²) in [6.45, 7) is 14.1. The zero-order valence-electron chi connectivity index (χ0n) is 36.5. The van der Waals surface area contributed by atoms with Crippen LogP contribution in [-0.2, 0) is 5.41 Å². The molecule has 0 radical (unpaired) electrons. The van der Waals surface area contributed by atoms with Crippen LogP contribution in [0.4, 0.5) is 0 Å². The number of benzene rings is 8. The fourth-order valence-electron chi connectivity index (χ4n) is 11.7. The lowest BCUT2D eigenvalue weighted by Crippen LogP contribution is -2.50. The van der Waals surface area contributed by atoms with Crippen LogP contribution >= 0.6 is 0 Å². The summed E-state index contributed by atoms with van der Waals surface area (Å²) in [7, 11) is -2.04. The minimum Gasteiger partial charge on any atom is -0.457 e. The molecule has 63 heavy (non-hydrogen) atoms. The van der Waals surface area contributed by atoms with E-state index in [1.165, 1.54) is 93.8 Å². The van der Waals surface area contributed by atoms with Gasteiger partial charge in [-0.3, -0.25) is 0 Å². The highest BCUT2D eigenvalue weighted by atomic mass is 28.3. The van der Waals surface area contributed by atoms with Crippen molar-refractivity contribution in [3.8, 4) is 78.8 Å². The number of hydrogen-bond donors (Lipinski definition) is 0. The average molecular weight is 827 g/mol. The number of aromatic nitrogens is 2. The molecule has 3 nitrogen and oxygen atoms in total. The van der Waals surface area contributed by atoms with Crippen LogP contribution in [-0.4, -0.2) is 18.0 Å². The van der Waals surface area contributed by atoms with Crippen molar-refractivity contribution >= 4 is 18.4 Å². The molecule has 0 unspecified atom stereocenters. The quantitative estimate of drug-likeness (QED) is 0.166. The molecule has 1 aromatic heterocycles. The Kier molecular flexibility index (Phi) is 8.16. The Morgan fingerprint density at radius 3 is 1.63 bits per heavy atom. The first-order chi connectivity index (χ1) is 30.7. The van der Waals surface area contributed by atoms with Gasteiger partial charge in [-0.25, -0.2) is 9.97 Å². The Labute approximate surface area is 370 Å². The molecule has 1 aliphatic carbocycles. The third-order valence-electron chi connectivity index (χ3n) is 14.6. The lowest BCUT2D eigenvalue weighted by atomic mass is 9.66. The van der Waals surface area contributed by atoms with Gasteiger partial charge in [-0.1, -0.05) is 165 Å². The fraction of sp³-hybridized carbons (Fsp3) is 0.119. The van der Waals surface area contributed by atoms with Gasteiger partial charge in [0.25, 0.3) is 0 Å². The molecule has 0 saturated heterocycles. The molecule has 0 fully saturated rings. The van der Waals surface area contributed by atoms with E-state index < -0.39 is 13.5 Å². The fourth-order valence-corrected chi connectivity index (χ4v) is 15.1. The van der Waals surface area contributed by atoms with Crippen LogP contribution < -0.4 is 15.1 Å². The first-order valence-electron chi connectivity index (χ1n) is 22.1. The van der Waals surface area contributed by atoms with Crippen molar-refractivity contribution < 1.29 is 4.74 Å². The second-order valence-corrected chi connectivity index (χ2v) is 22.4. The van der Waals surface area contributed by atoms with E-state index in [0.29, 0.717) is 0 Å². The predicted octanol–water partition coefficient (Wildman–Crippen LogP) is 13.7. The van der Waals surface area contributed by atoms with Gasteiger partial charge in [0.1, 0.15) is 19.6 Å². The molecule has 4 heteroatoms. The Balaban J connectivity index is 1.09. The largest absolute Gasteiger partial charge is 0.457 e. The number of ether oxygens (including phenoxy) is 1. The minimum absolute atomic E-state index is 0.530. The lowest BCUT2D eigenvalue weighted by molar-refractivity contribution is 0.436. The van der Waals surface area contributed by atoms with Crippen molar-refractivity contribution in [3.05, 3.63) is 214 Å². The van der Waals surface area contributed by atoms with Gasteiger partial charge in [-0.15, -0.1) is 0 Å². The second-order valence-electron chi connectivity index (χ2n) is 18.1. The Bertz CT molecular complexity index is 3330. The van der Waals surface area contributed by atoms with Gasteiger partial charge in [-0.05, 0) is 123 Å². The summed E-state index contributed by atoms with van der Waals surface area (Å²) in [6.07, 6.45) is 0. The normalized spacial score (nSPS) is 14.3. The molecule has 0 atom stereocenters. The maximum absolute atomic E-state index is 6.64. The van der Waals surface area contributed by atoms with Crippen molar-refractivity contribution in [1.29, 1.82) is 0 Å². The molecule has 3 aliphatic rings. The summed E-state index contributed by atoms with van der Waals surface area (Å²) in [4.78, 5) is 11.0. The monoisotopic (exact) mass is 826 g/mol. The van der Waals surface area contributed by atoms with Crippen molar-refractivity contribution in [2.24, 2.45) is 0 Å². The maximum atomic E-state index is 6.64. The maximum Gasteiger partial charge on any atom is 0.160 e. The molecule has 0 bridgehead atoms. The first kappa shape index (κ1) is 37.6. The Morgan fingerprint density at radius 2 is 0.921 bits per heavy atom. The highest BCUT2D eigenvalue weighted by Crippen LogP contribution is 2.63. The smallest absolute Gasteiger partial charge is 0.160 e. The highest BCUT2D eigenvalue weighted by molar-refractivity contribution is 7.04. The van der Waals surface area contributed by atoms with E-state index in [-0.39, 0.29) is 0 Å². The average Bonchev–Trinajstić information content (AvgIpc) is 3.75. The van der Waals surface area contributed by atoms with E-state index in [1.807, 2.05) is 0 Å². The summed E-state index contributed by atoms with van der Waals surface area (Å²) in [5.41, 5.74) is 22.4. The van der Waals surface area contributed by atoms with Gasteiger partial charge in [0.2, 0.25) is 0 Å². The van der Waals surface area contributed by atoms with Crippen molar-refractivity contribution in [3.63, 3.8) is 0 Å². The zero-order chi connectivity index (χ0) is 42.8. The summed E-state index contributed by atoms with van der Waals surface area (Å²) in [5, 5.41) is 2.95. The van der Waals surface area contributed by atoms with E-state index in [4.69, 9.17) is 14.7 Å². The van der Waals surface area contributed by atoms with Crippen molar-refractivity contribution in [2.75, 3.05) is 0 Å². The molecule has 12 rings (SSSR count). The number of hydrogen-bond acceptors (Lipinski definition) is 3. The van der Waals surface area contributed by atoms with Crippen molar-refractivity contribution in [1.82, 2.24) is 9.97 Å². The lowest BCUT2D eigenvalue weighted by Gasteiger charge is -2.39. The van der Waals surface area contributed by atoms with Gasteiger partial charge in [0.15, 0.2) is 5.82 Å². The van der Waals surface area contributed by atoms with Crippen LogP contribution in [0.3, 0.4) is 0 Å². The number of fused-ring (bicyclic) bond motifs is 12. The zero-order valence-corrected chi connectivity index (χ0v) is 37.5. The van der Waals surface area contributed by atoms with E-state index in [9.17, 15) is 0 Å². The van der Waals surface area contributed by atoms with Gasteiger partial charge in [0.05, 0.1) is 16.8 Å². The molecule has 302 valence electrons. The molecule has 0 amide bonds. The van der Waals surface area contributed by atoms with Crippen LogP contribution in [0.1, 0.15) is 44.5 Å². The van der Waals surface area contributed by atoms with Gasteiger partial charge in [-0.2, -0.15) is 0 Å². The Morgan fingerprint density at radius 1 is 0.413 bits per heavy atom. The topological polar surface area (TPSA) is 35.0 Å². The molecular formula is C59H46N2OSi. The number of nitrogens with zero attached hydrogens (tertiary/aromatic N) is 2.